The van der Waals surface area contributed by atoms with Crippen molar-refractivity contribution in [3.63, 3.8) is 0 Å². The molecule has 3 aromatic heterocycles. The first-order valence-corrected chi connectivity index (χ1v) is 13.2. The number of carbonyl (C=O) groups is 2. The van der Waals surface area contributed by atoms with Crippen molar-refractivity contribution in [1.29, 1.82) is 0 Å². The van der Waals surface area contributed by atoms with Crippen LogP contribution in [0.25, 0.3) is 33.6 Å². The van der Waals surface area contributed by atoms with Gasteiger partial charge in [0.25, 0.3) is 5.91 Å². The summed E-state index contributed by atoms with van der Waals surface area (Å²) in [6.45, 7) is 0. The number of aryl methyl sites for hydroxylation is 1. The maximum Gasteiger partial charge on any atom is 0.326 e. The first kappa shape index (κ1) is 24.7. The van der Waals surface area contributed by atoms with E-state index in [0.717, 1.165) is 48.4 Å². The largest absolute Gasteiger partial charge is 0.508 e. The van der Waals surface area contributed by atoms with Gasteiger partial charge >= 0.3 is 5.97 Å². The number of imidazole rings is 2. The van der Waals surface area contributed by atoms with E-state index in [-0.39, 0.29) is 12.2 Å². The van der Waals surface area contributed by atoms with Crippen molar-refractivity contribution in [3.05, 3.63) is 66.1 Å². The van der Waals surface area contributed by atoms with Gasteiger partial charge in [-0.15, -0.1) is 0 Å². The highest BCUT2D eigenvalue weighted by Gasteiger charge is 2.26. The number of phenols is 1. The molecule has 1 aliphatic rings. The number of H-pyrrole nitrogens is 1. The van der Waals surface area contributed by atoms with Crippen molar-refractivity contribution in [1.82, 2.24) is 29.4 Å². The van der Waals surface area contributed by atoms with Gasteiger partial charge in [-0.05, 0) is 54.8 Å². The van der Waals surface area contributed by atoms with E-state index in [1.807, 2.05) is 23.9 Å². The van der Waals surface area contributed by atoms with Gasteiger partial charge in [-0.1, -0.05) is 19.3 Å². The molecule has 0 radical (unpaired) electrons. The lowest BCUT2D eigenvalue weighted by Crippen LogP contribution is -2.42. The van der Waals surface area contributed by atoms with Gasteiger partial charge in [0.2, 0.25) is 0 Å². The molecule has 1 fully saturated rings. The number of hydrogen-bond acceptors (Lipinski definition) is 5. The Bertz CT molecular complexity index is 1690. The Hall–Kier alpha value is -4.60. The molecule has 5 aromatic rings. The van der Waals surface area contributed by atoms with Gasteiger partial charge in [0, 0.05) is 54.6 Å². The number of aliphatic carboxylic acids is 1. The Balaban J connectivity index is 1.31. The van der Waals surface area contributed by atoms with Crippen molar-refractivity contribution >= 4 is 33.8 Å². The van der Waals surface area contributed by atoms with E-state index in [4.69, 9.17) is 4.98 Å². The van der Waals surface area contributed by atoms with Crippen LogP contribution in [-0.2, 0) is 18.3 Å². The number of carboxylic acid groups (broad SMARTS) is 1. The zero-order chi connectivity index (χ0) is 27.1. The number of carboxylic acids is 1. The standard InChI is InChI=1S/C29H30N6O4/c1-34-12-11-30-26(34)27-32-23-13-17(7-10-25(23)35(27)19-5-3-2-4-6-19)28(37)33-24(29(38)39)14-18-16-31-22-9-8-20(36)15-21(18)22/h7-13,15-16,19,24,31,36H,2-6,14H2,1H3,(H,33,37)(H,38,39)/t24-/m0/s1. The number of nitrogens with one attached hydrogen (secondary N) is 2. The number of phenolic OH excluding ortho intramolecular Hbond substituents is 1. The molecule has 0 spiro atoms. The Labute approximate surface area is 224 Å². The minimum atomic E-state index is -1.16. The van der Waals surface area contributed by atoms with Gasteiger partial charge < -0.3 is 29.6 Å². The number of fused-ring (bicyclic) bond motifs is 2. The van der Waals surface area contributed by atoms with E-state index in [1.165, 1.54) is 6.42 Å². The highest BCUT2D eigenvalue weighted by Crippen LogP contribution is 2.35. The minimum absolute atomic E-state index is 0.0619. The first-order valence-electron chi connectivity index (χ1n) is 13.2. The summed E-state index contributed by atoms with van der Waals surface area (Å²) < 4.78 is 4.20. The molecule has 6 rings (SSSR count). The summed E-state index contributed by atoms with van der Waals surface area (Å²) in [5.41, 5.74) is 3.41. The average Bonchev–Trinajstić information content (AvgIpc) is 3.64. The molecule has 10 heteroatoms. The molecule has 0 bridgehead atoms. The topological polar surface area (TPSA) is 138 Å². The fourth-order valence-corrected chi connectivity index (χ4v) is 5.68. The molecule has 2 aromatic carbocycles. The van der Waals surface area contributed by atoms with E-state index >= 15 is 0 Å². The van der Waals surface area contributed by atoms with Crippen LogP contribution in [0.5, 0.6) is 5.75 Å². The van der Waals surface area contributed by atoms with Crippen molar-refractivity contribution < 1.29 is 19.8 Å². The van der Waals surface area contributed by atoms with E-state index in [2.05, 4.69) is 19.9 Å². The van der Waals surface area contributed by atoms with Crippen LogP contribution in [0.4, 0.5) is 0 Å². The van der Waals surface area contributed by atoms with E-state index in [9.17, 15) is 19.8 Å². The lowest BCUT2D eigenvalue weighted by molar-refractivity contribution is -0.139. The first-order chi connectivity index (χ1) is 18.9. The van der Waals surface area contributed by atoms with Crippen LogP contribution in [0, 0.1) is 0 Å². The number of benzene rings is 2. The monoisotopic (exact) mass is 526 g/mol. The van der Waals surface area contributed by atoms with Gasteiger partial charge in [-0.25, -0.2) is 14.8 Å². The maximum absolute atomic E-state index is 13.3. The molecule has 1 amide bonds. The number of aromatic amines is 1. The Morgan fingerprint density at radius 1 is 1.13 bits per heavy atom. The molecular weight excluding hydrogens is 496 g/mol. The second-order valence-corrected chi connectivity index (χ2v) is 10.3. The van der Waals surface area contributed by atoms with Crippen LogP contribution >= 0.6 is 0 Å². The summed E-state index contributed by atoms with van der Waals surface area (Å²) in [5.74, 6) is -0.00750. The number of aromatic hydroxyl groups is 1. The fourth-order valence-electron chi connectivity index (χ4n) is 5.68. The third-order valence-electron chi connectivity index (χ3n) is 7.69. The second-order valence-electron chi connectivity index (χ2n) is 10.3. The van der Waals surface area contributed by atoms with Crippen LogP contribution in [0.1, 0.15) is 54.1 Å². The van der Waals surface area contributed by atoms with E-state index in [0.29, 0.717) is 28.1 Å². The summed E-state index contributed by atoms with van der Waals surface area (Å²) in [6, 6.07) is 9.36. The number of amides is 1. The summed E-state index contributed by atoms with van der Waals surface area (Å²) in [5, 5.41) is 23.1. The molecule has 10 nitrogen and oxygen atoms in total. The summed E-state index contributed by atoms with van der Waals surface area (Å²) >= 11 is 0. The van der Waals surface area contributed by atoms with Gasteiger partial charge in [-0.3, -0.25) is 4.79 Å². The van der Waals surface area contributed by atoms with Crippen molar-refractivity contribution in [2.45, 2.75) is 50.6 Å². The lowest BCUT2D eigenvalue weighted by atomic mass is 9.95. The Kier molecular flexibility index (Phi) is 6.30. The zero-order valence-electron chi connectivity index (χ0n) is 21.6. The molecule has 3 heterocycles. The quantitative estimate of drug-likeness (QED) is 0.245. The molecule has 1 saturated carbocycles. The smallest absolute Gasteiger partial charge is 0.326 e. The molecular formula is C29H30N6O4. The summed E-state index contributed by atoms with van der Waals surface area (Å²) in [6.07, 6.45) is 11.1. The molecule has 0 aliphatic heterocycles. The van der Waals surface area contributed by atoms with E-state index in [1.54, 1.807) is 42.7 Å². The average molecular weight is 527 g/mol. The molecule has 200 valence electrons. The Morgan fingerprint density at radius 3 is 2.69 bits per heavy atom. The summed E-state index contributed by atoms with van der Waals surface area (Å²) in [7, 11) is 1.94. The third kappa shape index (κ3) is 4.62. The van der Waals surface area contributed by atoms with Crippen molar-refractivity contribution in [3.8, 4) is 17.4 Å². The maximum atomic E-state index is 13.3. The van der Waals surface area contributed by atoms with Gasteiger partial charge in [0.15, 0.2) is 11.6 Å². The second kappa shape index (κ2) is 9.94. The summed E-state index contributed by atoms with van der Waals surface area (Å²) in [4.78, 5) is 37.9. The molecule has 0 saturated heterocycles. The minimum Gasteiger partial charge on any atom is -0.508 e. The molecule has 1 aliphatic carbocycles. The predicted octanol–water partition coefficient (Wildman–Crippen LogP) is 4.55. The van der Waals surface area contributed by atoms with Crippen LogP contribution in [0.3, 0.4) is 0 Å². The van der Waals surface area contributed by atoms with Gasteiger partial charge in [-0.2, -0.15) is 0 Å². The number of rotatable bonds is 7. The predicted molar refractivity (Wildman–Crippen MR) is 147 cm³/mol. The van der Waals surface area contributed by atoms with Crippen LogP contribution in [-0.4, -0.2) is 52.2 Å². The molecule has 0 unspecified atom stereocenters. The fraction of sp³-hybridized carbons (Fsp3) is 0.310. The van der Waals surface area contributed by atoms with Crippen LogP contribution in [0.2, 0.25) is 0 Å². The van der Waals surface area contributed by atoms with E-state index < -0.39 is 17.9 Å². The number of hydrogen-bond donors (Lipinski definition) is 4. The van der Waals surface area contributed by atoms with Crippen molar-refractivity contribution in [2.75, 3.05) is 0 Å². The lowest BCUT2D eigenvalue weighted by Gasteiger charge is -2.25. The SMILES string of the molecule is Cn1ccnc1-c1nc2cc(C(=O)N[C@@H](Cc3c[nH]c4ccc(O)cc34)C(=O)O)ccc2n1C1CCCCC1. The normalized spacial score (nSPS) is 15.1. The Morgan fingerprint density at radius 2 is 1.95 bits per heavy atom. The van der Waals surface area contributed by atoms with Gasteiger partial charge in [0.05, 0.1) is 11.0 Å². The number of carbonyl (C=O) groups excluding carboxylic acids is 1. The van der Waals surface area contributed by atoms with Crippen LogP contribution < -0.4 is 5.32 Å². The molecule has 1 atom stereocenters. The van der Waals surface area contributed by atoms with Gasteiger partial charge in [0.1, 0.15) is 11.8 Å². The van der Waals surface area contributed by atoms with Crippen LogP contribution in [0.15, 0.2) is 55.0 Å². The third-order valence-corrected chi connectivity index (χ3v) is 7.69. The highest BCUT2D eigenvalue weighted by molar-refractivity contribution is 5.99. The zero-order valence-corrected chi connectivity index (χ0v) is 21.6. The number of aromatic nitrogens is 5. The number of nitrogens with zero attached hydrogens (tertiary/aromatic N) is 4. The molecule has 39 heavy (non-hydrogen) atoms. The van der Waals surface area contributed by atoms with Crippen molar-refractivity contribution in [2.24, 2.45) is 7.05 Å². The highest BCUT2D eigenvalue weighted by atomic mass is 16.4. The molecule has 4 N–H and O–H groups in total.